The van der Waals surface area contributed by atoms with Gasteiger partial charge in [-0.3, -0.25) is 34.6 Å². The normalized spacial score (nSPS) is 20.5. The Bertz CT molecular complexity index is 3370. The van der Waals surface area contributed by atoms with E-state index in [1.165, 1.54) is 48.3 Å². The highest BCUT2D eigenvalue weighted by Crippen LogP contribution is 2.45. The number of thiazole rings is 1. The molecule has 3 aliphatic heterocycles. The van der Waals surface area contributed by atoms with E-state index in [1.807, 2.05) is 48.1 Å². The van der Waals surface area contributed by atoms with Crippen LogP contribution in [-0.4, -0.2) is 92.2 Å². The molecule has 2 atom stereocenters. The summed E-state index contributed by atoms with van der Waals surface area (Å²) >= 11 is 1.45. The lowest BCUT2D eigenvalue weighted by Crippen LogP contribution is -2.52. The summed E-state index contributed by atoms with van der Waals surface area (Å²) in [6.45, 7) is 16.0. The van der Waals surface area contributed by atoms with Gasteiger partial charge in [-0.15, -0.1) is 0 Å². The summed E-state index contributed by atoms with van der Waals surface area (Å²) in [4.78, 5) is 68.7. The van der Waals surface area contributed by atoms with Crippen molar-refractivity contribution in [1.82, 2.24) is 30.0 Å². The molecule has 76 heavy (non-hydrogen) atoms. The van der Waals surface area contributed by atoms with E-state index < -0.39 is 17.3 Å². The minimum Gasteiger partial charge on any atom is -0.476 e. The highest BCUT2D eigenvalue weighted by Gasteiger charge is 2.34. The molecule has 0 spiro atoms. The van der Waals surface area contributed by atoms with Gasteiger partial charge in [-0.25, -0.2) is 14.8 Å². The lowest BCUT2D eigenvalue weighted by molar-refractivity contribution is -0.134. The number of nitrogens with one attached hydrogen (secondary N) is 2. The maximum Gasteiger partial charge on any atom is 0.355 e. The quantitative estimate of drug-likeness (QED) is 0.0997. The minimum absolute atomic E-state index is 0.0584. The van der Waals surface area contributed by atoms with Crippen LogP contribution in [0, 0.1) is 12.8 Å². The Morgan fingerprint density at radius 1 is 0.882 bits per heavy atom. The Labute approximate surface area is 448 Å². The fraction of sp³-hybridized carbons (Fsp3) is 0.426. The number of piperazine rings is 1. The number of pyridine rings is 1. The monoisotopic (exact) mass is 1040 g/mol. The number of aromatic nitrogens is 4. The zero-order valence-corrected chi connectivity index (χ0v) is 45.4. The van der Waals surface area contributed by atoms with Gasteiger partial charge in [0.2, 0.25) is 11.8 Å². The van der Waals surface area contributed by atoms with Gasteiger partial charge in [0, 0.05) is 74.4 Å². The number of piperidine rings is 1. The van der Waals surface area contributed by atoms with Crippen LogP contribution in [0.2, 0.25) is 0 Å². The summed E-state index contributed by atoms with van der Waals surface area (Å²) in [5.74, 6) is -0.451. The number of aromatic carboxylic acids is 1. The number of benzene rings is 4. The summed E-state index contributed by atoms with van der Waals surface area (Å²) in [5.41, 5.74) is 11.0. The SMILES string of the molecule is Cc1c(-c2c(C(C)(C)C)cc(N3CCc4cccc(C(=O)Nc5nc6ccccc6s5)c4C3)nc2C(=O)O)cccc1C1CCC(CCCN2CCN(c3ccc4c(C5CCC(=O)NC5=O)nn(C)c4c3)C[C@@H]2C)CC1. The molecule has 1 saturated carbocycles. The molecule has 14 nitrogen and oxygen atoms in total. The van der Waals surface area contributed by atoms with Crippen molar-refractivity contribution in [2.75, 3.05) is 47.8 Å². The number of amides is 3. The van der Waals surface area contributed by atoms with E-state index in [0.29, 0.717) is 72.3 Å². The number of anilines is 3. The third-order valence-corrected chi connectivity index (χ3v) is 17.9. The highest BCUT2D eigenvalue weighted by atomic mass is 32.1. The fourth-order valence-corrected chi connectivity index (χ4v) is 13.6. The number of aryl methyl sites for hydroxylation is 1. The van der Waals surface area contributed by atoms with Crippen molar-refractivity contribution in [3.8, 4) is 11.1 Å². The van der Waals surface area contributed by atoms with Crippen LogP contribution in [0.4, 0.5) is 16.6 Å². The summed E-state index contributed by atoms with van der Waals surface area (Å²) < 4.78 is 2.87. The highest BCUT2D eigenvalue weighted by molar-refractivity contribution is 7.22. The number of hydrogen-bond donors (Lipinski definition) is 3. The van der Waals surface area contributed by atoms with Gasteiger partial charge in [0.1, 0.15) is 5.82 Å². The Balaban J connectivity index is 0.728. The first-order valence-corrected chi connectivity index (χ1v) is 28.1. The maximum atomic E-state index is 13.9. The molecule has 394 valence electrons. The van der Waals surface area contributed by atoms with E-state index in [9.17, 15) is 24.3 Å². The molecule has 3 aromatic heterocycles. The molecule has 4 aromatic carbocycles. The second kappa shape index (κ2) is 20.9. The van der Waals surface area contributed by atoms with Gasteiger partial charge in [-0.2, -0.15) is 5.10 Å². The van der Waals surface area contributed by atoms with Crippen molar-refractivity contribution in [3.05, 3.63) is 130 Å². The lowest BCUT2D eigenvalue weighted by atomic mass is 9.74. The van der Waals surface area contributed by atoms with E-state index >= 15 is 0 Å². The molecule has 3 fully saturated rings. The molecule has 1 unspecified atom stereocenters. The van der Waals surface area contributed by atoms with Crippen LogP contribution >= 0.6 is 11.3 Å². The van der Waals surface area contributed by atoms with Crippen LogP contribution < -0.4 is 20.4 Å². The number of carboxylic acid groups (broad SMARTS) is 1. The summed E-state index contributed by atoms with van der Waals surface area (Å²) in [5, 5.41) is 22.8. The number of hydrogen-bond acceptors (Lipinski definition) is 11. The molecule has 4 aliphatic rings. The number of carbonyl (C=O) groups excluding carboxylic acids is 3. The van der Waals surface area contributed by atoms with Gasteiger partial charge in [0.15, 0.2) is 10.8 Å². The molecule has 11 rings (SSSR count). The van der Waals surface area contributed by atoms with Crippen molar-refractivity contribution in [1.29, 1.82) is 0 Å². The van der Waals surface area contributed by atoms with Crippen LogP contribution in [-0.2, 0) is 35.0 Å². The maximum absolute atomic E-state index is 13.9. The molecule has 0 bridgehead atoms. The smallest absolute Gasteiger partial charge is 0.355 e. The molecular weight excluding hydrogens is 971 g/mol. The van der Waals surface area contributed by atoms with Gasteiger partial charge in [-0.05, 0) is 165 Å². The third kappa shape index (κ3) is 10.1. The second-order valence-electron chi connectivity index (χ2n) is 22.8. The van der Waals surface area contributed by atoms with Gasteiger partial charge in [0.25, 0.3) is 5.91 Å². The number of carbonyl (C=O) groups is 4. The lowest BCUT2D eigenvalue weighted by Gasteiger charge is -2.41. The Morgan fingerprint density at radius 3 is 2.45 bits per heavy atom. The van der Waals surface area contributed by atoms with Crippen LogP contribution in [0.1, 0.15) is 145 Å². The first-order chi connectivity index (χ1) is 36.6. The number of rotatable bonds is 12. The van der Waals surface area contributed by atoms with E-state index in [1.54, 1.807) is 0 Å². The number of fused-ring (bicyclic) bond motifs is 3. The Kier molecular flexibility index (Phi) is 14.0. The van der Waals surface area contributed by atoms with Crippen molar-refractivity contribution < 1.29 is 24.3 Å². The number of imide groups is 1. The van der Waals surface area contributed by atoms with Crippen LogP contribution in [0.3, 0.4) is 0 Å². The molecule has 2 saturated heterocycles. The number of para-hydroxylation sites is 1. The predicted molar refractivity (Wildman–Crippen MR) is 302 cm³/mol. The average molecular weight is 1040 g/mol. The molecule has 0 radical (unpaired) electrons. The Hall–Kier alpha value is -6.97. The molecule has 6 heterocycles. The number of carboxylic acids is 1. The third-order valence-electron chi connectivity index (χ3n) is 16.9. The van der Waals surface area contributed by atoms with Crippen molar-refractivity contribution in [3.63, 3.8) is 0 Å². The van der Waals surface area contributed by atoms with Crippen LogP contribution in [0.15, 0.2) is 84.9 Å². The summed E-state index contributed by atoms with van der Waals surface area (Å²) in [7, 11) is 1.93. The first-order valence-electron chi connectivity index (χ1n) is 27.3. The van der Waals surface area contributed by atoms with Crippen molar-refractivity contribution >= 4 is 72.8 Å². The molecule has 1 aliphatic carbocycles. The molecule has 7 aromatic rings. The van der Waals surface area contributed by atoms with Gasteiger partial charge >= 0.3 is 5.97 Å². The van der Waals surface area contributed by atoms with E-state index in [-0.39, 0.29) is 23.4 Å². The Morgan fingerprint density at radius 2 is 1.68 bits per heavy atom. The summed E-state index contributed by atoms with van der Waals surface area (Å²) in [6, 6.07) is 29.1. The molecule has 3 amide bonds. The minimum atomic E-state index is -1.05. The first kappa shape index (κ1) is 51.2. The van der Waals surface area contributed by atoms with E-state index in [4.69, 9.17) is 10.1 Å². The topological polar surface area (TPSA) is 166 Å². The van der Waals surface area contributed by atoms with Gasteiger partial charge in [0.05, 0.1) is 27.3 Å². The number of nitrogens with zero attached hydrogens (tertiary/aromatic N) is 7. The zero-order chi connectivity index (χ0) is 53.0. The van der Waals surface area contributed by atoms with E-state index in [0.717, 1.165) is 93.7 Å². The fourth-order valence-electron chi connectivity index (χ4n) is 12.7. The predicted octanol–water partition coefficient (Wildman–Crippen LogP) is 11.1. The van der Waals surface area contributed by atoms with Crippen LogP contribution in [0.25, 0.3) is 32.2 Å². The van der Waals surface area contributed by atoms with Crippen LogP contribution in [0.5, 0.6) is 0 Å². The molecule has 3 N–H and O–H groups in total. The van der Waals surface area contributed by atoms with Crippen molar-refractivity contribution in [2.45, 2.75) is 122 Å². The summed E-state index contributed by atoms with van der Waals surface area (Å²) in [6.07, 6.45) is 8.53. The van der Waals surface area contributed by atoms with Crippen molar-refractivity contribution in [2.24, 2.45) is 13.0 Å². The standard InChI is InChI=1S/C61H69N9O5S/c1-36-34-69(41-23-24-45-50(32-41)67(6)66-55(45)46-25-26-53(71)64-58(46)73)31-30-68(36)28-11-12-38-19-21-40(22-20-38)42-14-10-15-43(37(42)2)54-48(61(3,4)5)33-52(63-56(54)59(74)75)70-29-27-39-13-9-16-44(47(39)35-70)57(72)65-60-62-49-17-7-8-18-51(49)76-60/h7-10,13-18,23-24,32-33,36,38,40,46H,11-12,19-22,25-31,34-35H2,1-6H3,(H,74,75)(H,62,65,72)(H,64,71,73)/t36-,38?,40?,46?/m0/s1. The zero-order valence-electron chi connectivity index (χ0n) is 44.6. The molecule has 15 heteroatoms. The second-order valence-corrected chi connectivity index (χ2v) is 23.8. The van der Waals surface area contributed by atoms with Gasteiger partial charge in [-0.1, -0.05) is 74.6 Å². The average Bonchev–Trinajstić information content (AvgIpc) is 4.01. The van der Waals surface area contributed by atoms with Gasteiger partial charge < -0.3 is 14.9 Å². The molecular formula is C61H69N9O5S. The van der Waals surface area contributed by atoms with E-state index in [2.05, 4.69) is 113 Å². The largest absolute Gasteiger partial charge is 0.476 e.